The smallest absolute Gasteiger partial charge is 0.190 e. The molecule has 0 saturated heterocycles. The van der Waals surface area contributed by atoms with Crippen LogP contribution < -0.4 is 10.2 Å². The molecule has 0 bridgehead atoms. The molecule has 0 amide bonds. The summed E-state index contributed by atoms with van der Waals surface area (Å²) in [6, 6.07) is 7.30. The van der Waals surface area contributed by atoms with Crippen LogP contribution in [0.3, 0.4) is 0 Å². The van der Waals surface area contributed by atoms with Gasteiger partial charge in [-0.3, -0.25) is 5.43 Å². The third kappa shape index (κ3) is 4.36. The van der Waals surface area contributed by atoms with E-state index in [0.717, 1.165) is 11.4 Å². The van der Waals surface area contributed by atoms with Crippen molar-refractivity contribution in [2.75, 3.05) is 19.1 Å². The van der Waals surface area contributed by atoms with Gasteiger partial charge in [0.2, 0.25) is 0 Å². The zero-order valence-electron chi connectivity index (χ0n) is 9.87. The number of allylic oxidation sites excluding steroid dienone is 1. The Kier molecular flexibility index (Phi) is 5.36. The van der Waals surface area contributed by atoms with Crippen LogP contribution in [-0.2, 0) is 4.74 Å². The van der Waals surface area contributed by atoms with Gasteiger partial charge < -0.3 is 9.47 Å². The van der Waals surface area contributed by atoms with Gasteiger partial charge >= 0.3 is 0 Å². The number of ether oxygens (including phenoxy) is 2. The van der Waals surface area contributed by atoms with Gasteiger partial charge in [0.15, 0.2) is 10.9 Å². The zero-order valence-corrected chi connectivity index (χ0v) is 10.6. The van der Waals surface area contributed by atoms with E-state index in [1.165, 1.54) is 0 Å². The fraction of sp³-hybridized carbons (Fsp3) is 0.250. The van der Waals surface area contributed by atoms with E-state index < -0.39 is 0 Å². The summed E-state index contributed by atoms with van der Waals surface area (Å²) in [6.07, 6.45) is 0. The maximum absolute atomic E-state index is 5.86. The lowest BCUT2D eigenvalue weighted by Crippen LogP contribution is -2.01. The monoisotopic (exact) mass is 254 g/mol. The van der Waals surface area contributed by atoms with Gasteiger partial charge in [-0.05, 0) is 31.2 Å². The lowest BCUT2D eigenvalue weighted by atomic mass is 10.3. The van der Waals surface area contributed by atoms with Crippen LogP contribution in [0.15, 0.2) is 41.7 Å². The van der Waals surface area contributed by atoms with Crippen LogP contribution in [0.2, 0.25) is 0 Å². The Morgan fingerprint density at radius 3 is 2.59 bits per heavy atom. The Balaban J connectivity index is 2.59. The predicted octanol–water partition coefficient (Wildman–Crippen LogP) is 3.21. The molecule has 0 aliphatic heterocycles. The Morgan fingerprint density at radius 1 is 1.41 bits per heavy atom. The topological polar surface area (TPSA) is 42.8 Å². The summed E-state index contributed by atoms with van der Waals surface area (Å²) in [6.45, 7) is 6.00. The van der Waals surface area contributed by atoms with Crippen molar-refractivity contribution in [3.63, 3.8) is 0 Å². The number of halogens is 1. The number of nitrogens with one attached hydrogen (secondary N) is 1. The number of rotatable bonds is 6. The van der Waals surface area contributed by atoms with Crippen molar-refractivity contribution in [2.24, 2.45) is 5.10 Å². The Labute approximate surface area is 106 Å². The molecule has 1 N–H and O–H groups in total. The van der Waals surface area contributed by atoms with Crippen LogP contribution in [-0.4, -0.2) is 18.9 Å². The van der Waals surface area contributed by atoms with E-state index >= 15 is 0 Å². The molecule has 0 fully saturated rings. The SMILES string of the molecule is C=C(OCC)/C(Cl)=N/Nc1ccc(OC)cc1. The van der Waals surface area contributed by atoms with Crippen LogP contribution in [0.1, 0.15) is 6.92 Å². The first-order valence-corrected chi connectivity index (χ1v) is 5.50. The fourth-order valence-corrected chi connectivity index (χ4v) is 1.17. The van der Waals surface area contributed by atoms with Gasteiger partial charge in [-0.2, -0.15) is 5.10 Å². The molecule has 0 saturated carbocycles. The van der Waals surface area contributed by atoms with Crippen molar-refractivity contribution in [3.05, 3.63) is 36.6 Å². The molecule has 0 heterocycles. The van der Waals surface area contributed by atoms with Crippen molar-refractivity contribution < 1.29 is 9.47 Å². The van der Waals surface area contributed by atoms with Crippen LogP contribution in [0, 0.1) is 0 Å². The number of hydrazone groups is 1. The van der Waals surface area contributed by atoms with E-state index in [4.69, 9.17) is 21.1 Å². The highest BCUT2D eigenvalue weighted by molar-refractivity contribution is 6.69. The van der Waals surface area contributed by atoms with E-state index in [2.05, 4.69) is 17.1 Å². The highest BCUT2D eigenvalue weighted by Crippen LogP contribution is 2.15. The molecule has 0 aliphatic rings. The lowest BCUT2D eigenvalue weighted by Gasteiger charge is -2.06. The number of nitrogens with zero attached hydrogens (tertiary/aromatic N) is 1. The maximum atomic E-state index is 5.86. The Morgan fingerprint density at radius 2 is 2.06 bits per heavy atom. The first-order valence-electron chi connectivity index (χ1n) is 5.12. The van der Waals surface area contributed by atoms with Crippen molar-refractivity contribution >= 4 is 22.5 Å². The lowest BCUT2D eigenvalue weighted by molar-refractivity contribution is 0.252. The van der Waals surface area contributed by atoms with E-state index in [9.17, 15) is 0 Å². The van der Waals surface area contributed by atoms with Crippen LogP contribution in [0.4, 0.5) is 5.69 Å². The second-order valence-electron chi connectivity index (χ2n) is 3.10. The molecule has 1 rings (SSSR count). The molecule has 17 heavy (non-hydrogen) atoms. The van der Waals surface area contributed by atoms with Crippen LogP contribution in [0.25, 0.3) is 0 Å². The van der Waals surface area contributed by atoms with Crippen molar-refractivity contribution in [1.29, 1.82) is 0 Å². The minimum Gasteiger partial charge on any atom is -0.497 e. The largest absolute Gasteiger partial charge is 0.497 e. The summed E-state index contributed by atoms with van der Waals surface area (Å²) in [7, 11) is 1.61. The molecule has 1 aromatic rings. The van der Waals surface area contributed by atoms with Crippen molar-refractivity contribution in [1.82, 2.24) is 0 Å². The molecule has 92 valence electrons. The quantitative estimate of drug-likeness (QED) is 0.482. The third-order valence-electron chi connectivity index (χ3n) is 1.92. The van der Waals surface area contributed by atoms with Gasteiger partial charge in [-0.15, -0.1) is 0 Å². The molecule has 0 radical (unpaired) electrons. The normalized spacial score (nSPS) is 10.9. The molecule has 4 nitrogen and oxygen atoms in total. The number of anilines is 1. The summed E-state index contributed by atoms with van der Waals surface area (Å²) in [5.41, 5.74) is 3.59. The van der Waals surface area contributed by atoms with Crippen molar-refractivity contribution in [3.8, 4) is 5.75 Å². The summed E-state index contributed by atoms with van der Waals surface area (Å²) in [5.74, 6) is 1.12. The second kappa shape index (κ2) is 6.81. The predicted molar refractivity (Wildman–Crippen MR) is 70.7 cm³/mol. The first-order chi connectivity index (χ1) is 8.17. The molecule has 0 aliphatic carbocycles. The summed E-state index contributed by atoms with van der Waals surface area (Å²) < 4.78 is 10.2. The average molecular weight is 255 g/mol. The first kappa shape index (κ1) is 13.4. The number of methoxy groups -OCH3 is 1. The molecule has 0 atom stereocenters. The molecule has 0 spiro atoms. The second-order valence-corrected chi connectivity index (χ2v) is 3.46. The maximum Gasteiger partial charge on any atom is 0.190 e. The van der Waals surface area contributed by atoms with E-state index in [1.807, 2.05) is 31.2 Å². The highest BCUT2D eigenvalue weighted by atomic mass is 35.5. The minimum atomic E-state index is 0.197. The van der Waals surface area contributed by atoms with E-state index in [-0.39, 0.29) is 5.17 Å². The average Bonchev–Trinajstić information content (AvgIpc) is 2.36. The summed E-state index contributed by atoms with van der Waals surface area (Å²) in [5, 5.41) is 4.13. The van der Waals surface area contributed by atoms with E-state index in [0.29, 0.717) is 12.4 Å². The molecular formula is C12H15ClN2O2. The minimum absolute atomic E-state index is 0.197. The number of benzene rings is 1. The van der Waals surface area contributed by atoms with Gasteiger partial charge in [0.05, 0.1) is 19.4 Å². The van der Waals surface area contributed by atoms with E-state index in [1.54, 1.807) is 7.11 Å². The van der Waals surface area contributed by atoms with Crippen molar-refractivity contribution in [2.45, 2.75) is 6.92 Å². The molecule has 0 unspecified atom stereocenters. The van der Waals surface area contributed by atoms with Gasteiger partial charge in [0.1, 0.15) is 5.75 Å². The van der Waals surface area contributed by atoms with Gasteiger partial charge in [-0.25, -0.2) is 0 Å². The Hall–Kier alpha value is -1.68. The zero-order chi connectivity index (χ0) is 12.7. The van der Waals surface area contributed by atoms with Crippen LogP contribution in [0.5, 0.6) is 5.75 Å². The highest BCUT2D eigenvalue weighted by Gasteiger charge is 2.01. The summed E-state index contributed by atoms with van der Waals surface area (Å²) >= 11 is 5.86. The summed E-state index contributed by atoms with van der Waals surface area (Å²) in [4.78, 5) is 0. The third-order valence-corrected chi connectivity index (χ3v) is 2.22. The standard InChI is InChI=1S/C12H15ClN2O2/c1-4-17-9(2)12(13)15-14-10-5-7-11(16-3)8-6-10/h5-8,14H,2,4H2,1,3H3/b15-12-. The fourth-order valence-electron chi connectivity index (χ4n) is 1.08. The molecule has 1 aromatic carbocycles. The number of hydrogen-bond donors (Lipinski definition) is 1. The molecule has 0 aromatic heterocycles. The number of hydrogen-bond acceptors (Lipinski definition) is 4. The Bertz CT molecular complexity index is 401. The molecule has 5 heteroatoms. The van der Waals surface area contributed by atoms with Crippen LogP contribution >= 0.6 is 11.6 Å². The van der Waals surface area contributed by atoms with Gasteiger partial charge in [-0.1, -0.05) is 18.2 Å². The van der Waals surface area contributed by atoms with Gasteiger partial charge in [0, 0.05) is 0 Å². The van der Waals surface area contributed by atoms with Gasteiger partial charge in [0.25, 0.3) is 0 Å². The molecular weight excluding hydrogens is 240 g/mol.